The molecule has 1 unspecified atom stereocenters. The highest BCUT2D eigenvalue weighted by molar-refractivity contribution is 5.85. The molecule has 1 rings (SSSR count). The van der Waals surface area contributed by atoms with Gasteiger partial charge in [0.15, 0.2) is 0 Å². The lowest BCUT2D eigenvalue weighted by Gasteiger charge is -2.35. The molecule has 3 N–H and O–H groups in total. The van der Waals surface area contributed by atoms with Crippen LogP contribution in [0.1, 0.15) is 39.5 Å². The Morgan fingerprint density at radius 2 is 2.06 bits per heavy atom. The Kier molecular flexibility index (Phi) is 5.59. The van der Waals surface area contributed by atoms with Gasteiger partial charge in [-0.05, 0) is 31.6 Å². The molecule has 1 aliphatic rings. The molecule has 1 amide bonds. The molecule has 0 bridgehead atoms. The quantitative estimate of drug-likeness (QED) is 0.770. The highest BCUT2D eigenvalue weighted by Crippen LogP contribution is 2.22. The number of nitrogens with zero attached hydrogens (tertiary/aromatic N) is 1. The molecule has 0 aromatic carbocycles. The highest BCUT2D eigenvalue weighted by Gasteiger charge is 2.34. The number of nitrogens with two attached hydrogens (primary N) is 1. The lowest BCUT2D eigenvalue weighted by Crippen LogP contribution is -2.51. The van der Waals surface area contributed by atoms with E-state index in [0.29, 0.717) is 25.4 Å². The molecule has 0 aromatic heterocycles. The molecule has 5 nitrogen and oxygen atoms in total. The summed E-state index contributed by atoms with van der Waals surface area (Å²) < 4.78 is 0. The third-order valence-corrected chi connectivity index (χ3v) is 3.46. The second-order valence-electron chi connectivity index (χ2n) is 5.44. The number of hydrogen-bond donors (Lipinski definition) is 2. The molecular weight excluding hydrogens is 232 g/mol. The summed E-state index contributed by atoms with van der Waals surface area (Å²) in [5.41, 5.74) is 5.66. The zero-order valence-electron chi connectivity index (χ0n) is 11.3. The van der Waals surface area contributed by atoms with Crippen molar-refractivity contribution in [3.63, 3.8) is 0 Å². The minimum Gasteiger partial charge on any atom is -0.480 e. The first-order valence-electron chi connectivity index (χ1n) is 6.70. The Morgan fingerprint density at radius 3 is 2.56 bits per heavy atom. The van der Waals surface area contributed by atoms with Crippen LogP contribution in [0, 0.1) is 11.8 Å². The van der Waals surface area contributed by atoms with Crippen LogP contribution in [0.2, 0.25) is 0 Å². The lowest BCUT2D eigenvalue weighted by atomic mass is 9.93. The van der Waals surface area contributed by atoms with Crippen molar-refractivity contribution in [1.82, 2.24) is 4.90 Å². The van der Waals surface area contributed by atoms with E-state index >= 15 is 0 Å². The van der Waals surface area contributed by atoms with Gasteiger partial charge in [-0.3, -0.25) is 4.79 Å². The van der Waals surface area contributed by atoms with Crippen LogP contribution in [0.15, 0.2) is 0 Å². The van der Waals surface area contributed by atoms with E-state index in [-0.39, 0.29) is 11.8 Å². The fourth-order valence-electron chi connectivity index (χ4n) is 2.55. The third kappa shape index (κ3) is 3.70. The summed E-state index contributed by atoms with van der Waals surface area (Å²) in [4.78, 5) is 25.1. The van der Waals surface area contributed by atoms with Crippen LogP contribution in [0.4, 0.5) is 0 Å². The van der Waals surface area contributed by atoms with Gasteiger partial charge in [-0.15, -0.1) is 0 Å². The first kappa shape index (κ1) is 15.0. The van der Waals surface area contributed by atoms with E-state index in [1.165, 1.54) is 4.90 Å². The maximum atomic E-state index is 12.4. The van der Waals surface area contributed by atoms with Crippen molar-refractivity contribution in [1.29, 1.82) is 0 Å². The van der Waals surface area contributed by atoms with Gasteiger partial charge in [0, 0.05) is 13.1 Å². The van der Waals surface area contributed by atoms with Gasteiger partial charge in [0.2, 0.25) is 5.91 Å². The largest absolute Gasteiger partial charge is 0.480 e. The van der Waals surface area contributed by atoms with Crippen LogP contribution in [-0.4, -0.2) is 41.0 Å². The molecule has 0 saturated carbocycles. The fourth-order valence-corrected chi connectivity index (χ4v) is 2.55. The molecule has 104 valence electrons. The van der Waals surface area contributed by atoms with Gasteiger partial charge in [0.1, 0.15) is 6.04 Å². The van der Waals surface area contributed by atoms with E-state index in [9.17, 15) is 9.59 Å². The second kappa shape index (κ2) is 6.73. The molecule has 2 atom stereocenters. The maximum Gasteiger partial charge on any atom is 0.326 e. The minimum atomic E-state index is -0.900. The van der Waals surface area contributed by atoms with E-state index in [4.69, 9.17) is 10.8 Å². The number of rotatable bonds is 5. The number of amides is 1. The predicted molar refractivity (Wildman–Crippen MR) is 69.0 cm³/mol. The van der Waals surface area contributed by atoms with E-state index in [1.807, 2.05) is 13.8 Å². The normalized spacial score (nSPS) is 22.0. The van der Waals surface area contributed by atoms with Gasteiger partial charge < -0.3 is 15.7 Å². The molecule has 1 fully saturated rings. The number of carboxylic acid groups (broad SMARTS) is 1. The maximum absolute atomic E-state index is 12.4. The summed E-state index contributed by atoms with van der Waals surface area (Å²) >= 11 is 0. The fraction of sp³-hybridized carbons (Fsp3) is 0.846. The molecule has 0 aliphatic carbocycles. The number of hydrogen-bond acceptors (Lipinski definition) is 3. The Labute approximate surface area is 108 Å². The molecule has 1 saturated heterocycles. The van der Waals surface area contributed by atoms with Gasteiger partial charge in [-0.1, -0.05) is 13.8 Å². The predicted octanol–water partition coefficient (Wildman–Crippen LogP) is 1.07. The summed E-state index contributed by atoms with van der Waals surface area (Å²) in [5.74, 6) is -0.845. The van der Waals surface area contributed by atoms with Crippen molar-refractivity contribution < 1.29 is 14.7 Å². The highest BCUT2D eigenvalue weighted by atomic mass is 16.4. The molecule has 0 aromatic rings. The molecule has 18 heavy (non-hydrogen) atoms. The van der Waals surface area contributed by atoms with Crippen molar-refractivity contribution in [2.45, 2.75) is 45.6 Å². The van der Waals surface area contributed by atoms with E-state index < -0.39 is 12.0 Å². The zero-order valence-corrected chi connectivity index (χ0v) is 11.3. The molecular formula is C13H24N2O3. The number of aliphatic carboxylic acids is 1. The molecule has 0 radical (unpaired) electrons. The topological polar surface area (TPSA) is 83.6 Å². The number of carboxylic acids is 1. The molecule has 5 heteroatoms. The Balaban J connectivity index is 2.75. The Morgan fingerprint density at radius 1 is 1.39 bits per heavy atom. The number of piperidine rings is 1. The molecule has 1 aliphatic heterocycles. The second-order valence-corrected chi connectivity index (χ2v) is 5.44. The number of carbonyl (C=O) groups excluding carboxylic acids is 1. The first-order valence-corrected chi connectivity index (χ1v) is 6.70. The number of likely N-dealkylation sites (tertiary alicyclic amines) is 1. The summed E-state index contributed by atoms with van der Waals surface area (Å²) in [6, 6.07) is -0.660. The lowest BCUT2D eigenvalue weighted by molar-refractivity contribution is -0.154. The average molecular weight is 256 g/mol. The molecule has 1 heterocycles. The standard InChI is InChI=1S/C13H24N2O3/c1-9(2)7-10(8-14)12(16)15-6-4-3-5-11(15)13(17)18/h9-11H,3-8,14H2,1-2H3,(H,17,18)/t10?,11-/m0/s1. The van der Waals surface area contributed by atoms with Crippen molar-refractivity contribution in [3.8, 4) is 0 Å². The van der Waals surface area contributed by atoms with Crippen molar-refractivity contribution in [2.75, 3.05) is 13.1 Å². The monoisotopic (exact) mass is 256 g/mol. The van der Waals surface area contributed by atoms with Crippen LogP contribution >= 0.6 is 0 Å². The smallest absolute Gasteiger partial charge is 0.326 e. The Hall–Kier alpha value is -1.10. The molecule has 0 spiro atoms. The van der Waals surface area contributed by atoms with Gasteiger partial charge in [-0.25, -0.2) is 4.79 Å². The van der Waals surface area contributed by atoms with Crippen LogP contribution in [0.3, 0.4) is 0 Å². The van der Waals surface area contributed by atoms with E-state index in [2.05, 4.69) is 0 Å². The van der Waals surface area contributed by atoms with Crippen molar-refractivity contribution in [2.24, 2.45) is 17.6 Å². The summed E-state index contributed by atoms with van der Waals surface area (Å²) in [6.07, 6.45) is 3.03. The zero-order chi connectivity index (χ0) is 13.7. The van der Waals surface area contributed by atoms with Gasteiger partial charge in [-0.2, -0.15) is 0 Å². The van der Waals surface area contributed by atoms with Crippen LogP contribution in [0.25, 0.3) is 0 Å². The Bertz CT molecular complexity index is 305. The first-order chi connectivity index (χ1) is 8.47. The van der Waals surface area contributed by atoms with Gasteiger partial charge in [0.25, 0.3) is 0 Å². The van der Waals surface area contributed by atoms with Crippen LogP contribution in [-0.2, 0) is 9.59 Å². The van der Waals surface area contributed by atoms with Gasteiger partial charge >= 0.3 is 5.97 Å². The third-order valence-electron chi connectivity index (χ3n) is 3.46. The van der Waals surface area contributed by atoms with Crippen LogP contribution < -0.4 is 5.73 Å². The van der Waals surface area contributed by atoms with E-state index in [0.717, 1.165) is 19.3 Å². The average Bonchev–Trinajstić information content (AvgIpc) is 2.34. The van der Waals surface area contributed by atoms with Crippen molar-refractivity contribution >= 4 is 11.9 Å². The summed E-state index contributed by atoms with van der Waals surface area (Å²) in [5, 5.41) is 9.17. The van der Waals surface area contributed by atoms with Gasteiger partial charge in [0.05, 0.1) is 5.92 Å². The summed E-state index contributed by atoms with van der Waals surface area (Å²) in [7, 11) is 0. The summed E-state index contributed by atoms with van der Waals surface area (Å²) in [6.45, 7) is 4.92. The number of carbonyl (C=O) groups is 2. The SMILES string of the molecule is CC(C)CC(CN)C(=O)N1CCCC[C@H]1C(=O)O. The van der Waals surface area contributed by atoms with Crippen molar-refractivity contribution in [3.05, 3.63) is 0 Å². The van der Waals surface area contributed by atoms with E-state index in [1.54, 1.807) is 0 Å². The van der Waals surface area contributed by atoms with Crippen LogP contribution in [0.5, 0.6) is 0 Å². The minimum absolute atomic E-state index is 0.0849.